The van der Waals surface area contributed by atoms with Crippen molar-refractivity contribution in [2.45, 2.75) is 85.0 Å². The molecule has 0 amide bonds. The molecular formula is C23H37F3N2O4S. The van der Waals surface area contributed by atoms with Gasteiger partial charge in [-0.2, -0.15) is 13.2 Å². The first-order valence-corrected chi connectivity index (χ1v) is 12.4. The summed E-state index contributed by atoms with van der Waals surface area (Å²) in [5, 5.41) is 0. The third kappa shape index (κ3) is 34.8. The van der Waals surface area contributed by atoms with Gasteiger partial charge in [0.15, 0.2) is 24.8 Å². The summed E-state index contributed by atoms with van der Waals surface area (Å²) in [5.74, 6) is 0. The van der Waals surface area contributed by atoms with E-state index in [0.717, 1.165) is 0 Å². The number of halogens is 3. The Hall–Kier alpha value is -2.04. The highest BCUT2D eigenvalue weighted by atomic mass is 32.3. The number of alkyl halides is 3. The fourth-order valence-corrected chi connectivity index (χ4v) is 2.61. The van der Waals surface area contributed by atoms with Crippen LogP contribution in [-0.2, 0) is 23.5 Å². The van der Waals surface area contributed by atoms with Crippen molar-refractivity contribution >= 4 is 10.4 Å². The summed E-state index contributed by atoms with van der Waals surface area (Å²) >= 11 is 0. The first-order chi connectivity index (χ1) is 15.6. The zero-order valence-electron chi connectivity index (χ0n) is 19.5. The maximum absolute atomic E-state index is 9.67. The average Bonchev–Trinajstić information content (AvgIpc) is 2.75. The Balaban J connectivity index is 0. The molecule has 0 aliphatic rings. The molecule has 0 aliphatic carbocycles. The maximum Gasteiger partial charge on any atom is 0.379 e. The Morgan fingerprint density at radius 2 is 0.909 bits per heavy atom. The van der Waals surface area contributed by atoms with Crippen LogP contribution < -0.4 is 9.13 Å². The van der Waals surface area contributed by atoms with Gasteiger partial charge in [-0.05, 0) is 12.8 Å². The molecular weight excluding hydrogens is 457 g/mol. The quantitative estimate of drug-likeness (QED) is 0.202. The standard InChI is InChI=1S/2C11H18N.CHF3.H2O4S/c2*1-2-3-4-6-9-12-10-7-5-8-11-12;2-1(3)4;1-5(2,3)4/h2*5,7-8,10-11H,2-4,6,9H2,1H3;1H;(H2,1,2,3,4)/q2*+1;;/p-2. The Bertz CT molecular complexity index is 695. The second kappa shape index (κ2) is 23.1. The maximum atomic E-state index is 9.67. The smallest absolute Gasteiger partial charge is 0.379 e. The molecule has 190 valence electrons. The third-order valence-electron chi connectivity index (χ3n) is 4.09. The number of rotatable bonds is 10. The summed E-state index contributed by atoms with van der Waals surface area (Å²) in [5.41, 5.74) is 0. The van der Waals surface area contributed by atoms with Crippen LogP contribution in [0.3, 0.4) is 0 Å². The van der Waals surface area contributed by atoms with Crippen molar-refractivity contribution in [2.75, 3.05) is 0 Å². The van der Waals surface area contributed by atoms with E-state index in [1.165, 1.54) is 64.5 Å². The van der Waals surface area contributed by atoms with Gasteiger partial charge in [0.2, 0.25) is 0 Å². The van der Waals surface area contributed by atoms with Crippen molar-refractivity contribution in [1.82, 2.24) is 0 Å². The summed E-state index contributed by atoms with van der Waals surface area (Å²) in [6.07, 6.45) is 19.2. The molecule has 0 aromatic carbocycles. The molecule has 10 heteroatoms. The topological polar surface area (TPSA) is 88.0 Å². The Labute approximate surface area is 196 Å². The van der Waals surface area contributed by atoms with Crippen molar-refractivity contribution in [3.8, 4) is 0 Å². The fraction of sp³-hybridized carbons (Fsp3) is 0.565. The van der Waals surface area contributed by atoms with E-state index in [1.807, 2.05) is 0 Å². The van der Waals surface area contributed by atoms with Crippen molar-refractivity contribution in [1.29, 1.82) is 0 Å². The van der Waals surface area contributed by atoms with Crippen molar-refractivity contribution in [3.63, 3.8) is 0 Å². The number of aromatic nitrogens is 2. The predicted molar refractivity (Wildman–Crippen MR) is 119 cm³/mol. The van der Waals surface area contributed by atoms with Gasteiger partial charge in [-0.3, -0.25) is 8.42 Å². The van der Waals surface area contributed by atoms with Crippen LogP contribution in [0.25, 0.3) is 0 Å². The third-order valence-corrected chi connectivity index (χ3v) is 4.09. The molecule has 2 rings (SSSR count). The zero-order chi connectivity index (χ0) is 25.4. The lowest BCUT2D eigenvalue weighted by Crippen LogP contribution is -2.32. The zero-order valence-corrected chi connectivity index (χ0v) is 20.3. The molecule has 0 aliphatic heterocycles. The number of hydrogen-bond acceptors (Lipinski definition) is 4. The van der Waals surface area contributed by atoms with Crippen molar-refractivity contribution < 1.29 is 39.8 Å². The lowest BCUT2D eigenvalue weighted by Gasteiger charge is -2.06. The second-order valence-electron chi connectivity index (χ2n) is 7.00. The largest absolute Gasteiger partial charge is 0.759 e. The van der Waals surface area contributed by atoms with E-state index in [9.17, 15) is 13.2 Å². The van der Waals surface area contributed by atoms with E-state index in [1.54, 1.807) is 0 Å². The first kappa shape index (κ1) is 33.1. The number of aryl methyl sites for hydroxylation is 2. The van der Waals surface area contributed by atoms with Gasteiger partial charge >= 0.3 is 6.68 Å². The van der Waals surface area contributed by atoms with E-state index < -0.39 is 17.1 Å². The van der Waals surface area contributed by atoms with Gasteiger partial charge in [-0.25, -0.2) is 9.13 Å². The normalized spacial score (nSPS) is 10.2. The molecule has 2 aromatic rings. The van der Waals surface area contributed by atoms with E-state index in [-0.39, 0.29) is 0 Å². The van der Waals surface area contributed by atoms with Crippen LogP contribution in [-0.4, -0.2) is 24.2 Å². The fourth-order valence-electron chi connectivity index (χ4n) is 2.61. The molecule has 0 saturated heterocycles. The molecule has 0 bridgehead atoms. The molecule has 0 unspecified atom stereocenters. The summed E-state index contributed by atoms with van der Waals surface area (Å²) in [6, 6.07) is 12.4. The minimum atomic E-state index is -5.17. The highest BCUT2D eigenvalue weighted by molar-refractivity contribution is 7.79. The molecule has 2 heterocycles. The first-order valence-electron chi connectivity index (χ1n) is 11.1. The summed E-state index contributed by atoms with van der Waals surface area (Å²) < 4.78 is 67.6. The second-order valence-corrected chi connectivity index (χ2v) is 7.82. The molecule has 2 aromatic heterocycles. The monoisotopic (exact) mass is 494 g/mol. The van der Waals surface area contributed by atoms with Gasteiger partial charge in [0, 0.05) is 47.5 Å². The molecule has 33 heavy (non-hydrogen) atoms. The van der Waals surface area contributed by atoms with Gasteiger partial charge in [0.1, 0.15) is 13.1 Å². The molecule has 0 N–H and O–H groups in total. The van der Waals surface area contributed by atoms with E-state index in [2.05, 4.69) is 84.2 Å². The number of unbranched alkanes of at least 4 members (excludes halogenated alkanes) is 6. The number of pyridine rings is 2. The van der Waals surface area contributed by atoms with E-state index in [4.69, 9.17) is 17.5 Å². The van der Waals surface area contributed by atoms with Crippen LogP contribution in [0.2, 0.25) is 0 Å². The van der Waals surface area contributed by atoms with Crippen LogP contribution in [0.5, 0.6) is 0 Å². The van der Waals surface area contributed by atoms with Crippen LogP contribution in [0, 0.1) is 0 Å². The van der Waals surface area contributed by atoms with Crippen LogP contribution in [0.4, 0.5) is 13.2 Å². The highest BCUT2D eigenvalue weighted by Crippen LogP contribution is 1.98. The van der Waals surface area contributed by atoms with Crippen molar-refractivity contribution in [3.05, 3.63) is 61.2 Å². The Morgan fingerprint density at radius 3 is 1.15 bits per heavy atom. The molecule has 0 spiro atoms. The number of hydrogen-bond donors (Lipinski definition) is 0. The highest BCUT2D eigenvalue weighted by Gasteiger charge is 1.96. The lowest BCUT2D eigenvalue weighted by molar-refractivity contribution is -0.697. The van der Waals surface area contributed by atoms with Gasteiger partial charge < -0.3 is 9.11 Å². The van der Waals surface area contributed by atoms with E-state index >= 15 is 0 Å². The average molecular weight is 495 g/mol. The minimum absolute atomic E-state index is 1.17. The van der Waals surface area contributed by atoms with E-state index in [0.29, 0.717) is 0 Å². The molecule has 0 fully saturated rings. The van der Waals surface area contributed by atoms with Crippen LogP contribution in [0.1, 0.15) is 65.2 Å². The van der Waals surface area contributed by atoms with Gasteiger partial charge in [0.05, 0.1) is 0 Å². The molecule has 0 radical (unpaired) electrons. The molecule has 0 atom stereocenters. The van der Waals surface area contributed by atoms with Crippen LogP contribution >= 0.6 is 0 Å². The van der Waals surface area contributed by atoms with Crippen molar-refractivity contribution in [2.24, 2.45) is 0 Å². The molecule has 6 nitrogen and oxygen atoms in total. The van der Waals surface area contributed by atoms with Gasteiger partial charge in [-0.15, -0.1) is 0 Å². The summed E-state index contributed by atoms with van der Waals surface area (Å²) in [6.45, 7) is 3.16. The van der Waals surface area contributed by atoms with Gasteiger partial charge in [-0.1, -0.05) is 51.7 Å². The molecule has 0 saturated carbocycles. The van der Waals surface area contributed by atoms with Crippen LogP contribution in [0.15, 0.2) is 61.2 Å². The SMILES string of the molecule is CCCCCC[n+]1ccccc1.CCCCCC[n+]1ccccc1.FC(F)F.O=S(=O)([O-])[O-]. The number of nitrogens with zero attached hydrogens (tertiary/aromatic N) is 2. The summed E-state index contributed by atoms with van der Waals surface area (Å²) in [4.78, 5) is 0. The Morgan fingerprint density at radius 1 is 0.636 bits per heavy atom. The summed E-state index contributed by atoms with van der Waals surface area (Å²) in [7, 11) is -5.17. The predicted octanol–water partition coefficient (Wildman–Crippen LogP) is 4.95. The lowest BCUT2D eigenvalue weighted by atomic mass is 10.2. The minimum Gasteiger partial charge on any atom is -0.759 e. The van der Waals surface area contributed by atoms with Gasteiger partial charge in [0.25, 0.3) is 0 Å². The Kier molecular flexibility index (Phi) is 23.2.